The molecule has 34 heavy (non-hydrogen) atoms. The van der Waals surface area contributed by atoms with E-state index >= 15 is 0 Å². The molecule has 5 nitrogen and oxygen atoms in total. The summed E-state index contributed by atoms with van der Waals surface area (Å²) in [6.45, 7) is 13.6. The molecule has 0 amide bonds. The van der Waals surface area contributed by atoms with Crippen molar-refractivity contribution in [1.29, 1.82) is 0 Å². The number of hydrogen-bond donors (Lipinski definition) is 1. The molecule has 2 heterocycles. The van der Waals surface area contributed by atoms with E-state index in [1.807, 2.05) is 0 Å². The summed E-state index contributed by atoms with van der Waals surface area (Å²) in [4.78, 5) is 9.94. The lowest BCUT2D eigenvalue weighted by molar-refractivity contribution is 0.110. The molecule has 1 saturated heterocycles. The van der Waals surface area contributed by atoms with Gasteiger partial charge in [-0.05, 0) is 23.5 Å². The molecule has 0 aliphatic carbocycles. The average Bonchev–Trinajstić information content (AvgIpc) is 3.28. The summed E-state index contributed by atoms with van der Waals surface area (Å²) in [5.41, 5.74) is 3.87. The fraction of sp³-hybridized carbons (Fsp3) is 0.483. The van der Waals surface area contributed by atoms with E-state index < -0.39 is 0 Å². The molecule has 0 unspecified atom stereocenters. The Morgan fingerprint density at radius 1 is 0.912 bits per heavy atom. The number of piperazine rings is 1. The standard InChI is InChI=1S/C29H40N4O/c1-4-11-26-28(23(2)3)31-27(34-26)22-30-16-17-32-18-20-33(21-19-32)29(24-12-7-5-8-13-24)25-14-9-6-10-15-25/h5-10,12-15,23,29-30H,4,11,16-22H2,1-3H3. The normalized spacial score (nSPS) is 15.4. The smallest absolute Gasteiger partial charge is 0.208 e. The van der Waals surface area contributed by atoms with Gasteiger partial charge in [0.1, 0.15) is 5.76 Å². The van der Waals surface area contributed by atoms with Gasteiger partial charge < -0.3 is 9.73 Å². The second-order valence-electron chi connectivity index (χ2n) is 9.60. The highest BCUT2D eigenvalue weighted by Gasteiger charge is 2.26. The van der Waals surface area contributed by atoms with Crippen LogP contribution in [-0.4, -0.2) is 54.1 Å². The molecule has 3 aromatic rings. The Morgan fingerprint density at radius 3 is 2.09 bits per heavy atom. The van der Waals surface area contributed by atoms with E-state index in [0.29, 0.717) is 18.5 Å². The van der Waals surface area contributed by atoms with Crippen molar-refractivity contribution in [2.75, 3.05) is 39.3 Å². The van der Waals surface area contributed by atoms with Gasteiger partial charge in [0.2, 0.25) is 5.89 Å². The molecular weight excluding hydrogens is 420 g/mol. The van der Waals surface area contributed by atoms with Crippen molar-refractivity contribution >= 4 is 0 Å². The molecule has 1 aliphatic rings. The van der Waals surface area contributed by atoms with Crippen LogP contribution in [0.15, 0.2) is 65.1 Å². The SMILES string of the molecule is CCCc1oc(CNCCN2CCN(C(c3ccccc3)c3ccccc3)CC2)nc1C(C)C. The summed E-state index contributed by atoms with van der Waals surface area (Å²) in [5, 5.41) is 3.54. The largest absolute Gasteiger partial charge is 0.444 e. The highest BCUT2D eigenvalue weighted by atomic mass is 16.4. The topological polar surface area (TPSA) is 44.5 Å². The van der Waals surface area contributed by atoms with E-state index in [1.165, 1.54) is 11.1 Å². The third-order valence-corrected chi connectivity index (χ3v) is 6.68. The van der Waals surface area contributed by atoms with Crippen LogP contribution in [0, 0.1) is 0 Å². The van der Waals surface area contributed by atoms with Gasteiger partial charge in [0, 0.05) is 45.7 Å². The van der Waals surface area contributed by atoms with Gasteiger partial charge in [0.05, 0.1) is 18.3 Å². The second kappa shape index (κ2) is 12.3. The highest BCUT2D eigenvalue weighted by molar-refractivity contribution is 5.32. The predicted octanol–water partition coefficient (Wildman–Crippen LogP) is 5.25. The van der Waals surface area contributed by atoms with Crippen LogP contribution in [0.2, 0.25) is 0 Å². The van der Waals surface area contributed by atoms with Crippen LogP contribution in [0.5, 0.6) is 0 Å². The molecule has 1 fully saturated rings. The van der Waals surface area contributed by atoms with E-state index in [9.17, 15) is 0 Å². The maximum Gasteiger partial charge on any atom is 0.208 e. The second-order valence-corrected chi connectivity index (χ2v) is 9.60. The van der Waals surface area contributed by atoms with Crippen molar-refractivity contribution in [1.82, 2.24) is 20.1 Å². The maximum absolute atomic E-state index is 6.04. The molecule has 1 aromatic heterocycles. The first-order valence-corrected chi connectivity index (χ1v) is 12.9. The molecular formula is C29H40N4O. The zero-order valence-electron chi connectivity index (χ0n) is 21.0. The van der Waals surface area contributed by atoms with Crippen LogP contribution in [-0.2, 0) is 13.0 Å². The number of benzene rings is 2. The summed E-state index contributed by atoms with van der Waals surface area (Å²) < 4.78 is 6.04. The van der Waals surface area contributed by atoms with Gasteiger partial charge in [-0.3, -0.25) is 9.80 Å². The van der Waals surface area contributed by atoms with E-state index in [1.54, 1.807) is 0 Å². The molecule has 0 bridgehead atoms. The Bertz CT molecular complexity index is 938. The number of nitrogens with one attached hydrogen (secondary N) is 1. The minimum Gasteiger partial charge on any atom is -0.444 e. The Labute approximate surface area is 205 Å². The van der Waals surface area contributed by atoms with Gasteiger partial charge in [-0.1, -0.05) is 81.4 Å². The van der Waals surface area contributed by atoms with Gasteiger partial charge in [-0.25, -0.2) is 4.98 Å². The van der Waals surface area contributed by atoms with Gasteiger partial charge in [-0.2, -0.15) is 0 Å². The number of rotatable bonds is 11. The summed E-state index contributed by atoms with van der Waals surface area (Å²) in [6, 6.07) is 22.1. The minimum atomic E-state index is 0.320. The molecule has 0 saturated carbocycles. The van der Waals surface area contributed by atoms with Crippen molar-refractivity contribution < 1.29 is 4.42 Å². The van der Waals surface area contributed by atoms with Crippen LogP contribution in [0.25, 0.3) is 0 Å². The van der Waals surface area contributed by atoms with Crippen molar-refractivity contribution in [2.45, 2.75) is 52.1 Å². The zero-order chi connectivity index (χ0) is 23.8. The maximum atomic E-state index is 6.04. The molecule has 2 aromatic carbocycles. The molecule has 4 rings (SSSR count). The van der Waals surface area contributed by atoms with Crippen LogP contribution in [0.1, 0.15) is 67.6 Å². The Hall–Kier alpha value is -2.47. The quantitative estimate of drug-likeness (QED) is 0.396. The molecule has 0 atom stereocenters. The zero-order valence-corrected chi connectivity index (χ0v) is 21.0. The third-order valence-electron chi connectivity index (χ3n) is 6.68. The number of aryl methyl sites for hydroxylation is 1. The van der Waals surface area contributed by atoms with E-state index in [-0.39, 0.29) is 0 Å². The van der Waals surface area contributed by atoms with Gasteiger partial charge >= 0.3 is 0 Å². The lowest BCUT2D eigenvalue weighted by Gasteiger charge is -2.39. The first-order chi connectivity index (χ1) is 16.7. The van der Waals surface area contributed by atoms with Crippen LogP contribution < -0.4 is 5.32 Å². The Kier molecular flexibility index (Phi) is 8.91. The molecule has 182 valence electrons. The van der Waals surface area contributed by atoms with Gasteiger partial charge in [-0.15, -0.1) is 0 Å². The number of oxazole rings is 1. The van der Waals surface area contributed by atoms with Crippen LogP contribution in [0.4, 0.5) is 0 Å². The van der Waals surface area contributed by atoms with Gasteiger partial charge in [0.25, 0.3) is 0 Å². The van der Waals surface area contributed by atoms with Crippen molar-refractivity contribution in [3.05, 3.63) is 89.1 Å². The summed E-state index contributed by atoms with van der Waals surface area (Å²) in [6.07, 6.45) is 2.06. The number of nitrogens with zero attached hydrogens (tertiary/aromatic N) is 3. The van der Waals surface area contributed by atoms with E-state index in [4.69, 9.17) is 9.40 Å². The van der Waals surface area contributed by atoms with E-state index in [2.05, 4.69) is 96.6 Å². The first-order valence-electron chi connectivity index (χ1n) is 12.9. The molecule has 0 spiro atoms. The van der Waals surface area contributed by atoms with Crippen LogP contribution in [0.3, 0.4) is 0 Å². The molecule has 1 aliphatic heterocycles. The van der Waals surface area contributed by atoms with Crippen molar-refractivity contribution in [2.24, 2.45) is 0 Å². The van der Waals surface area contributed by atoms with Crippen molar-refractivity contribution in [3.63, 3.8) is 0 Å². The fourth-order valence-corrected chi connectivity index (χ4v) is 4.91. The Balaban J connectivity index is 1.26. The molecule has 0 radical (unpaired) electrons. The molecule has 1 N–H and O–H groups in total. The lowest BCUT2D eigenvalue weighted by Crippen LogP contribution is -2.49. The minimum absolute atomic E-state index is 0.320. The number of hydrogen-bond acceptors (Lipinski definition) is 5. The summed E-state index contributed by atoms with van der Waals surface area (Å²) in [7, 11) is 0. The third kappa shape index (κ3) is 6.35. The van der Waals surface area contributed by atoms with Crippen molar-refractivity contribution in [3.8, 4) is 0 Å². The predicted molar refractivity (Wildman–Crippen MR) is 139 cm³/mol. The van der Waals surface area contributed by atoms with E-state index in [0.717, 1.165) is 69.5 Å². The molecule has 5 heteroatoms. The van der Waals surface area contributed by atoms with Crippen LogP contribution >= 0.6 is 0 Å². The Morgan fingerprint density at radius 2 is 1.53 bits per heavy atom. The van der Waals surface area contributed by atoms with Gasteiger partial charge in [0.15, 0.2) is 0 Å². The lowest BCUT2D eigenvalue weighted by atomic mass is 9.96. The summed E-state index contributed by atoms with van der Waals surface area (Å²) in [5.74, 6) is 2.30. The number of aromatic nitrogens is 1. The summed E-state index contributed by atoms with van der Waals surface area (Å²) >= 11 is 0. The highest BCUT2D eigenvalue weighted by Crippen LogP contribution is 2.29. The monoisotopic (exact) mass is 460 g/mol. The first kappa shape index (κ1) is 24.6. The fourth-order valence-electron chi connectivity index (χ4n) is 4.91. The average molecular weight is 461 g/mol.